The first-order valence-corrected chi connectivity index (χ1v) is 8.40. The second-order valence-electron chi connectivity index (χ2n) is 5.83. The molecule has 1 aliphatic carbocycles. The maximum Gasteiger partial charge on any atom is 0.122 e. The number of aryl methyl sites for hydroxylation is 1. The van der Waals surface area contributed by atoms with Crippen LogP contribution in [0.1, 0.15) is 23.5 Å². The first kappa shape index (κ1) is 13.7. The van der Waals surface area contributed by atoms with Crippen LogP contribution in [0.5, 0.6) is 0 Å². The number of hydrogen-bond donors (Lipinski definition) is 1. The van der Waals surface area contributed by atoms with Crippen molar-refractivity contribution < 1.29 is 0 Å². The Morgan fingerprint density at radius 1 is 1.27 bits per heavy atom. The Kier molecular flexibility index (Phi) is 3.56. The van der Waals surface area contributed by atoms with E-state index >= 15 is 0 Å². The van der Waals surface area contributed by atoms with E-state index in [0.717, 1.165) is 30.6 Å². The highest BCUT2D eigenvalue weighted by Crippen LogP contribution is 2.32. The fourth-order valence-electron chi connectivity index (χ4n) is 2.69. The van der Waals surface area contributed by atoms with Crippen LogP contribution in [0, 0.1) is 0 Å². The number of nitrogens with one attached hydrogen (secondary N) is 1. The van der Waals surface area contributed by atoms with E-state index in [9.17, 15) is 0 Å². The molecule has 6 heteroatoms. The lowest BCUT2D eigenvalue weighted by atomic mass is 10.3. The summed E-state index contributed by atoms with van der Waals surface area (Å²) in [6.07, 6.45) is 8.31. The molecule has 0 unspecified atom stereocenters. The molecule has 3 aromatic heterocycles. The van der Waals surface area contributed by atoms with E-state index in [4.69, 9.17) is 0 Å². The van der Waals surface area contributed by atoms with Crippen LogP contribution in [0.2, 0.25) is 0 Å². The lowest BCUT2D eigenvalue weighted by Crippen LogP contribution is -2.26. The summed E-state index contributed by atoms with van der Waals surface area (Å²) >= 11 is 1.84. The predicted molar refractivity (Wildman–Crippen MR) is 87.4 cm³/mol. The Morgan fingerprint density at radius 2 is 2.18 bits per heavy atom. The van der Waals surface area contributed by atoms with Gasteiger partial charge in [-0.05, 0) is 31.0 Å². The zero-order chi connectivity index (χ0) is 14.9. The minimum absolute atomic E-state index is 0.717. The van der Waals surface area contributed by atoms with Crippen molar-refractivity contribution in [3.8, 4) is 10.6 Å². The second-order valence-corrected chi connectivity index (χ2v) is 7.00. The van der Waals surface area contributed by atoms with E-state index < -0.39 is 0 Å². The molecule has 1 N–H and O–H groups in total. The van der Waals surface area contributed by atoms with Crippen LogP contribution < -0.4 is 0 Å². The Balaban J connectivity index is 1.49. The highest BCUT2D eigenvalue weighted by atomic mass is 32.1. The number of rotatable bonds is 6. The van der Waals surface area contributed by atoms with Crippen LogP contribution in [0.4, 0.5) is 0 Å². The molecule has 114 valence electrons. The quantitative estimate of drug-likeness (QED) is 0.761. The number of nitrogens with zero attached hydrogens (tertiary/aromatic N) is 4. The number of hydrogen-bond acceptors (Lipinski definition) is 4. The van der Waals surface area contributed by atoms with Crippen molar-refractivity contribution in [2.75, 3.05) is 0 Å². The van der Waals surface area contributed by atoms with E-state index in [2.05, 4.69) is 43.8 Å². The van der Waals surface area contributed by atoms with Crippen LogP contribution in [0.3, 0.4) is 0 Å². The summed E-state index contributed by atoms with van der Waals surface area (Å²) in [5.74, 6) is 1.14. The van der Waals surface area contributed by atoms with Crippen molar-refractivity contribution in [3.63, 3.8) is 0 Å². The first-order chi connectivity index (χ1) is 10.8. The number of imidazole rings is 1. The van der Waals surface area contributed by atoms with E-state index in [1.165, 1.54) is 22.6 Å². The molecule has 22 heavy (non-hydrogen) atoms. The molecule has 0 radical (unpaired) electrons. The third kappa shape index (κ3) is 2.84. The van der Waals surface area contributed by atoms with Gasteiger partial charge in [-0.15, -0.1) is 11.3 Å². The molecule has 0 saturated heterocycles. The molecule has 3 heterocycles. The van der Waals surface area contributed by atoms with Gasteiger partial charge < -0.3 is 4.57 Å². The Hall–Kier alpha value is -1.92. The molecule has 0 spiro atoms. The monoisotopic (exact) mass is 313 g/mol. The lowest BCUT2D eigenvalue weighted by molar-refractivity contribution is 0.239. The molecule has 4 rings (SSSR count). The topological polar surface area (TPSA) is 49.7 Å². The third-order valence-electron chi connectivity index (χ3n) is 4.12. The van der Waals surface area contributed by atoms with Gasteiger partial charge in [0.15, 0.2) is 0 Å². The van der Waals surface area contributed by atoms with Crippen molar-refractivity contribution in [1.82, 2.24) is 24.6 Å². The van der Waals surface area contributed by atoms with E-state index in [-0.39, 0.29) is 0 Å². The fraction of sp³-hybridized carbons (Fsp3) is 0.375. The van der Waals surface area contributed by atoms with E-state index in [0.29, 0.717) is 0 Å². The third-order valence-corrected chi connectivity index (χ3v) is 5.22. The maximum atomic E-state index is 4.46. The second kappa shape index (κ2) is 5.70. The van der Waals surface area contributed by atoms with Crippen molar-refractivity contribution in [1.29, 1.82) is 0 Å². The average molecular weight is 313 g/mol. The summed E-state index contributed by atoms with van der Waals surface area (Å²) in [6.45, 7) is 1.92. The summed E-state index contributed by atoms with van der Waals surface area (Å²) in [6, 6.07) is 7.14. The zero-order valence-corrected chi connectivity index (χ0v) is 13.4. The predicted octanol–water partition coefficient (Wildman–Crippen LogP) is 3.04. The van der Waals surface area contributed by atoms with Crippen molar-refractivity contribution in [2.45, 2.75) is 32.0 Å². The molecule has 1 aliphatic rings. The van der Waals surface area contributed by atoms with E-state index in [1.807, 2.05) is 29.8 Å². The van der Waals surface area contributed by atoms with Crippen LogP contribution in [-0.2, 0) is 20.1 Å². The van der Waals surface area contributed by atoms with Gasteiger partial charge in [-0.3, -0.25) is 10.00 Å². The van der Waals surface area contributed by atoms with Crippen molar-refractivity contribution >= 4 is 11.3 Å². The molecular formula is C16H19N5S. The molecule has 0 atom stereocenters. The molecule has 5 nitrogen and oxygen atoms in total. The summed E-state index contributed by atoms with van der Waals surface area (Å²) in [7, 11) is 2.06. The fourth-order valence-corrected chi connectivity index (χ4v) is 3.69. The van der Waals surface area contributed by atoms with E-state index in [1.54, 1.807) is 6.20 Å². The van der Waals surface area contributed by atoms with Gasteiger partial charge in [0.05, 0.1) is 17.1 Å². The summed E-state index contributed by atoms with van der Waals surface area (Å²) in [4.78, 5) is 9.66. The maximum absolute atomic E-state index is 4.46. The van der Waals surface area contributed by atoms with Gasteiger partial charge in [-0.25, -0.2) is 4.98 Å². The van der Waals surface area contributed by atoms with Crippen LogP contribution in [0.25, 0.3) is 10.6 Å². The van der Waals surface area contributed by atoms with Gasteiger partial charge in [0.2, 0.25) is 0 Å². The van der Waals surface area contributed by atoms with Crippen molar-refractivity contribution in [2.24, 2.45) is 7.05 Å². The van der Waals surface area contributed by atoms with Gasteiger partial charge in [0.25, 0.3) is 0 Å². The summed E-state index contributed by atoms with van der Waals surface area (Å²) in [5.41, 5.74) is 1.10. The number of thiophene rings is 1. The normalized spacial score (nSPS) is 14.8. The minimum atomic E-state index is 0.717. The smallest absolute Gasteiger partial charge is 0.122 e. The molecular weight excluding hydrogens is 294 g/mol. The van der Waals surface area contributed by atoms with Crippen molar-refractivity contribution in [3.05, 3.63) is 47.5 Å². The number of aromatic amines is 1. The van der Waals surface area contributed by atoms with Gasteiger partial charge in [-0.1, -0.05) is 0 Å². The molecule has 0 bridgehead atoms. The van der Waals surface area contributed by atoms with Gasteiger partial charge in [0.1, 0.15) is 5.82 Å². The summed E-state index contributed by atoms with van der Waals surface area (Å²) < 4.78 is 2.11. The highest BCUT2D eigenvalue weighted by molar-refractivity contribution is 7.15. The first-order valence-electron chi connectivity index (χ1n) is 7.58. The molecule has 3 aromatic rings. The molecule has 1 saturated carbocycles. The zero-order valence-electron chi connectivity index (χ0n) is 12.6. The van der Waals surface area contributed by atoms with Crippen LogP contribution in [-0.4, -0.2) is 30.7 Å². The lowest BCUT2D eigenvalue weighted by Gasteiger charge is -2.20. The Morgan fingerprint density at radius 3 is 2.86 bits per heavy atom. The van der Waals surface area contributed by atoms with Gasteiger partial charge in [-0.2, -0.15) is 5.10 Å². The highest BCUT2D eigenvalue weighted by Gasteiger charge is 2.30. The largest absolute Gasteiger partial charge is 0.337 e. The molecule has 1 fully saturated rings. The molecule has 0 aromatic carbocycles. The SMILES string of the molecule is Cn1ccnc1CN(Cc1ccc(-c2ccn[nH]2)s1)C1CC1. The molecule has 0 amide bonds. The average Bonchev–Trinajstić information content (AvgIpc) is 2.93. The standard InChI is InChI=1S/C16H19N5S/c1-20-9-8-17-16(20)11-21(12-2-3-12)10-13-4-5-15(22-13)14-6-7-18-19-14/h4-9,12H,2-3,10-11H2,1H3,(H,18,19). The minimum Gasteiger partial charge on any atom is -0.337 e. The van der Waals surface area contributed by atoms with Gasteiger partial charge >= 0.3 is 0 Å². The number of H-pyrrole nitrogens is 1. The van der Waals surface area contributed by atoms with Gasteiger partial charge in [0, 0.05) is 43.1 Å². The van der Waals surface area contributed by atoms with Crippen LogP contribution in [0.15, 0.2) is 36.8 Å². The summed E-state index contributed by atoms with van der Waals surface area (Å²) in [5, 5.41) is 7.06. The Labute approximate surface area is 133 Å². The van der Waals surface area contributed by atoms with Crippen LogP contribution >= 0.6 is 11.3 Å². The molecule has 0 aliphatic heterocycles. The number of aromatic nitrogens is 4. The Bertz CT molecular complexity index is 738.